The molecule has 1 nitrogen and oxygen atoms in total. The normalized spacial score (nSPS) is 7.33. The predicted octanol–water partition coefficient (Wildman–Crippen LogP) is 1.80. The molecule has 0 saturated carbocycles. The summed E-state index contributed by atoms with van der Waals surface area (Å²) in [6.45, 7) is 5.72. The molecule has 2 heteroatoms. The molecule has 0 aromatic heterocycles. The third kappa shape index (κ3) is 138. The van der Waals surface area contributed by atoms with Gasteiger partial charge in [0.2, 0.25) is 0 Å². The second-order valence-corrected chi connectivity index (χ2v) is 2.20. The van der Waals surface area contributed by atoms with Crippen molar-refractivity contribution in [2.45, 2.75) is 19.8 Å². The van der Waals surface area contributed by atoms with Crippen molar-refractivity contribution in [1.82, 2.24) is 4.90 Å². The van der Waals surface area contributed by atoms with Gasteiger partial charge in [-0.3, -0.25) is 0 Å². The van der Waals surface area contributed by atoms with Gasteiger partial charge in [-0.25, -0.2) is 0 Å². The largest absolute Gasteiger partial charge is 0.343 e. The number of rotatable bonds is 1. The molecule has 0 aromatic carbocycles. The van der Waals surface area contributed by atoms with Gasteiger partial charge in [0.15, 0.2) is 0 Å². The molecule has 56 valence electrons. The van der Waals surface area contributed by atoms with E-state index in [0.717, 1.165) is 6.42 Å². The Balaban J connectivity index is -0.0000000720. The summed E-state index contributed by atoms with van der Waals surface area (Å²) in [4.78, 5) is 2.00. The van der Waals surface area contributed by atoms with Crippen LogP contribution in [0.3, 0.4) is 0 Å². The Morgan fingerprint density at radius 3 is 1.33 bits per heavy atom. The molecule has 0 unspecified atom stereocenters. The van der Waals surface area contributed by atoms with Crippen LogP contribution in [0.15, 0.2) is 0 Å². The molecule has 0 aromatic rings. The van der Waals surface area contributed by atoms with E-state index >= 15 is 0 Å². The monoisotopic (exact) mass is 164 g/mol. The summed E-state index contributed by atoms with van der Waals surface area (Å²) in [5.41, 5.74) is 0. The molecular formula is C7H18NTi-. The molecule has 0 N–H and O–H groups in total. The Morgan fingerprint density at radius 2 is 1.33 bits per heavy atom. The van der Waals surface area contributed by atoms with E-state index in [1.807, 2.05) is 26.0 Å². The number of hydrogen-bond acceptors (Lipinski definition) is 1. The van der Waals surface area contributed by atoms with Crippen molar-refractivity contribution in [2.24, 2.45) is 0 Å². The molecule has 9 heavy (non-hydrogen) atoms. The minimum Gasteiger partial charge on any atom is -0.343 e. The molecular weight excluding hydrogens is 146 g/mol. The maximum atomic E-state index is 3.60. The van der Waals surface area contributed by atoms with Crippen molar-refractivity contribution in [3.63, 3.8) is 0 Å². The third-order valence-electron chi connectivity index (χ3n) is 0.354. The zero-order valence-electron chi connectivity index (χ0n) is 7.07. The summed E-state index contributed by atoms with van der Waals surface area (Å²) >= 11 is 0. The molecule has 0 aliphatic heterocycles. The van der Waals surface area contributed by atoms with Crippen LogP contribution >= 0.6 is 0 Å². The van der Waals surface area contributed by atoms with Crippen LogP contribution in [-0.2, 0) is 21.7 Å². The van der Waals surface area contributed by atoms with Crippen LogP contribution in [0.4, 0.5) is 0 Å². The maximum absolute atomic E-state index is 3.60. The van der Waals surface area contributed by atoms with Gasteiger partial charge in [0.25, 0.3) is 0 Å². The van der Waals surface area contributed by atoms with Gasteiger partial charge in [-0.2, -0.15) is 6.42 Å². The second-order valence-electron chi connectivity index (χ2n) is 2.20. The molecule has 0 spiro atoms. The van der Waals surface area contributed by atoms with Gasteiger partial charge in [0.05, 0.1) is 0 Å². The van der Waals surface area contributed by atoms with Crippen LogP contribution in [0.1, 0.15) is 19.8 Å². The van der Waals surface area contributed by atoms with E-state index in [-0.39, 0.29) is 21.7 Å². The van der Waals surface area contributed by atoms with Crippen molar-refractivity contribution in [1.29, 1.82) is 0 Å². The fourth-order valence-corrected chi connectivity index (χ4v) is 0. The SMILES string of the molecule is CN(C)C.[CH2-]CCC.[Ti]. The summed E-state index contributed by atoms with van der Waals surface area (Å²) in [5, 5.41) is 0. The van der Waals surface area contributed by atoms with Gasteiger partial charge >= 0.3 is 0 Å². The van der Waals surface area contributed by atoms with Crippen LogP contribution in [0.2, 0.25) is 0 Å². The number of nitrogens with zero attached hydrogens (tertiary/aromatic N) is 1. The van der Waals surface area contributed by atoms with Gasteiger partial charge in [0.1, 0.15) is 0 Å². The molecule has 0 aliphatic rings. The average Bonchev–Trinajstić information content (AvgIpc) is 1.65. The van der Waals surface area contributed by atoms with E-state index in [0.29, 0.717) is 0 Å². The quantitative estimate of drug-likeness (QED) is 0.422. The molecule has 0 bridgehead atoms. The number of hydrogen-bond donors (Lipinski definition) is 0. The van der Waals surface area contributed by atoms with E-state index < -0.39 is 0 Å². The minimum absolute atomic E-state index is 0. The Hall–Kier alpha value is 0.674. The minimum atomic E-state index is 0. The van der Waals surface area contributed by atoms with Crippen LogP contribution in [0.25, 0.3) is 0 Å². The van der Waals surface area contributed by atoms with Crippen molar-refractivity contribution in [2.75, 3.05) is 21.1 Å². The zero-order chi connectivity index (χ0) is 6.99. The van der Waals surface area contributed by atoms with Crippen LogP contribution in [0, 0.1) is 6.92 Å². The van der Waals surface area contributed by atoms with E-state index in [1.165, 1.54) is 6.42 Å². The summed E-state index contributed by atoms with van der Waals surface area (Å²) in [6.07, 6.45) is 2.28. The fraction of sp³-hybridized carbons (Fsp3) is 0.857. The molecule has 0 rings (SSSR count). The Kier molecular flexibility index (Phi) is 28.8. The van der Waals surface area contributed by atoms with Crippen molar-refractivity contribution < 1.29 is 21.7 Å². The van der Waals surface area contributed by atoms with Gasteiger partial charge < -0.3 is 11.8 Å². The van der Waals surface area contributed by atoms with E-state index in [2.05, 4.69) is 13.8 Å². The molecule has 0 fully saturated rings. The molecule has 0 atom stereocenters. The smallest absolute Gasteiger partial charge is 0 e. The fourth-order valence-electron chi connectivity index (χ4n) is 0. The van der Waals surface area contributed by atoms with Crippen LogP contribution in [0.5, 0.6) is 0 Å². The third-order valence-corrected chi connectivity index (χ3v) is 0.354. The predicted molar refractivity (Wildman–Crippen MR) is 39.9 cm³/mol. The zero-order valence-corrected chi connectivity index (χ0v) is 8.63. The maximum Gasteiger partial charge on any atom is 0 e. The first-order valence-corrected chi connectivity index (χ1v) is 3.05. The summed E-state index contributed by atoms with van der Waals surface area (Å²) < 4.78 is 0. The van der Waals surface area contributed by atoms with Crippen molar-refractivity contribution >= 4 is 0 Å². The Labute approximate surface area is 74.7 Å². The molecule has 0 heterocycles. The summed E-state index contributed by atoms with van der Waals surface area (Å²) in [6, 6.07) is 0. The average molecular weight is 164 g/mol. The van der Waals surface area contributed by atoms with Crippen molar-refractivity contribution in [3.05, 3.63) is 6.92 Å². The molecule has 0 saturated heterocycles. The topological polar surface area (TPSA) is 3.24 Å². The van der Waals surface area contributed by atoms with Gasteiger partial charge in [-0.15, -0.1) is 0 Å². The van der Waals surface area contributed by atoms with Gasteiger partial charge in [-0.1, -0.05) is 13.3 Å². The Bertz CT molecular complexity index is 25.3. The molecule has 0 radical (unpaired) electrons. The van der Waals surface area contributed by atoms with Gasteiger partial charge in [-0.05, 0) is 21.1 Å². The molecule has 0 aliphatic carbocycles. The second kappa shape index (κ2) is 15.9. The van der Waals surface area contributed by atoms with Crippen molar-refractivity contribution in [3.8, 4) is 0 Å². The van der Waals surface area contributed by atoms with E-state index in [4.69, 9.17) is 0 Å². The first kappa shape index (κ1) is 16.3. The first-order valence-electron chi connectivity index (χ1n) is 3.05. The van der Waals surface area contributed by atoms with Crippen LogP contribution < -0.4 is 0 Å². The number of unbranched alkanes of at least 4 members (excludes halogenated alkanes) is 1. The van der Waals surface area contributed by atoms with Gasteiger partial charge in [0, 0.05) is 21.7 Å². The summed E-state index contributed by atoms with van der Waals surface area (Å²) in [7, 11) is 6.00. The van der Waals surface area contributed by atoms with Crippen LogP contribution in [-0.4, -0.2) is 26.0 Å². The standard InChI is InChI=1S/C4H9.C3H9N.Ti/c1-3-4-2;1-4(2)3;/h1,3-4H2,2H3;1-3H3;/q-1;;. The van der Waals surface area contributed by atoms with E-state index in [9.17, 15) is 0 Å². The van der Waals surface area contributed by atoms with E-state index in [1.54, 1.807) is 0 Å². The molecule has 0 amide bonds. The Morgan fingerprint density at radius 1 is 1.22 bits per heavy atom. The first-order chi connectivity index (χ1) is 3.65. The summed E-state index contributed by atoms with van der Waals surface area (Å²) in [5.74, 6) is 0.